The van der Waals surface area contributed by atoms with Crippen molar-refractivity contribution in [3.63, 3.8) is 0 Å². The van der Waals surface area contributed by atoms with Crippen molar-refractivity contribution in [3.8, 4) is 5.75 Å². The Morgan fingerprint density at radius 3 is 2.26 bits per heavy atom. The molecule has 2 aromatic carbocycles. The summed E-state index contributed by atoms with van der Waals surface area (Å²) in [4.78, 5) is 31.1. The number of ether oxygens (including phenoxy) is 1. The monoisotopic (exact) mass is 498 g/mol. The Morgan fingerprint density at radius 2 is 1.65 bits per heavy atom. The SMILES string of the molecule is Cc1ccsc1CN(Cc1ccccc1)C(=O)CN(CC(C)C)C(=O)COc1ccc(Cl)cc1. The summed E-state index contributed by atoms with van der Waals surface area (Å²) in [7, 11) is 0. The lowest BCUT2D eigenvalue weighted by molar-refractivity contribution is -0.142. The molecule has 2 amide bonds. The number of benzene rings is 2. The number of amides is 2. The molecule has 0 unspecified atom stereocenters. The van der Waals surface area contributed by atoms with E-state index in [0.717, 1.165) is 10.4 Å². The average Bonchev–Trinajstić information content (AvgIpc) is 3.22. The number of hydrogen-bond acceptors (Lipinski definition) is 4. The van der Waals surface area contributed by atoms with Crippen molar-refractivity contribution >= 4 is 34.8 Å². The zero-order valence-electron chi connectivity index (χ0n) is 19.9. The van der Waals surface area contributed by atoms with Gasteiger partial charge in [-0.3, -0.25) is 9.59 Å². The summed E-state index contributed by atoms with van der Waals surface area (Å²) >= 11 is 7.56. The second-order valence-corrected chi connectivity index (χ2v) is 10.1. The van der Waals surface area contributed by atoms with E-state index in [9.17, 15) is 9.59 Å². The first-order valence-electron chi connectivity index (χ1n) is 11.3. The molecule has 0 N–H and O–H groups in total. The number of nitrogens with zero attached hydrogens (tertiary/aromatic N) is 2. The molecule has 0 radical (unpaired) electrons. The van der Waals surface area contributed by atoms with Gasteiger partial charge in [0.25, 0.3) is 5.91 Å². The third-order valence-electron chi connectivity index (χ3n) is 5.31. The van der Waals surface area contributed by atoms with Gasteiger partial charge < -0.3 is 14.5 Å². The van der Waals surface area contributed by atoms with Crippen LogP contribution in [-0.4, -0.2) is 41.3 Å². The first-order valence-corrected chi connectivity index (χ1v) is 12.6. The van der Waals surface area contributed by atoms with Crippen LogP contribution in [0.3, 0.4) is 0 Å². The molecule has 34 heavy (non-hydrogen) atoms. The van der Waals surface area contributed by atoms with Crippen LogP contribution in [0.2, 0.25) is 5.02 Å². The quantitative estimate of drug-likeness (QED) is 0.335. The van der Waals surface area contributed by atoms with E-state index >= 15 is 0 Å². The highest BCUT2D eigenvalue weighted by Gasteiger charge is 2.23. The molecule has 0 saturated carbocycles. The molecule has 1 aromatic heterocycles. The van der Waals surface area contributed by atoms with Gasteiger partial charge in [0.1, 0.15) is 5.75 Å². The van der Waals surface area contributed by atoms with Gasteiger partial charge in [-0.25, -0.2) is 0 Å². The maximum absolute atomic E-state index is 13.5. The van der Waals surface area contributed by atoms with Crippen LogP contribution in [0.5, 0.6) is 5.75 Å². The van der Waals surface area contributed by atoms with Crippen molar-refractivity contribution < 1.29 is 14.3 Å². The highest BCUT2D eigenvalue weighted by molar-refractivity contribution is 7.10. The molecule has 5 nitrogen and oxygen atoms in total. The van der Waals surface area contributed by atoms with Crippen molar-refractivity contribution in [2.24, 2.45) is 5.92 Å². The molecular weight excluding hydrogens is 468 g/mol. The summed E-state index contributed by atoms with van der Waals surface area (Å²) < 4.78 is 5.65. The fourth-order valence-corrected chi connectivity index (χ4v) is 4.55. The Hall–Kier alpha value is -2.83. The molecule has 0 aliphatic heterocycles. The smallest absolute Gasteiger partial charge is 0.260 e. The predicted molar refractivity (Wildman–Crippen MR) is 138 cm³/mol. The van der Waals surface area contributed by atoms with Crippen LogP contribution < -0.4 is 4.74 Å². The molecule has 1 heterocycles. The lowest BCUT2D eigenvalue weighted by Crippen LogP contribution is -2.45. The van der Waals surface area contributed by atoms with E-state index in [1.807, 2.05) is 54.5 Å². The number of thiophene rings is 1. The van der Waals surface area contributed by atoms with E-state index in [1.54, 1.807) is 40.5 Å². The van der Waals surface area contributed by atoms with Gasteiger partial charge in [-0.2, -0.15) is 0 Å². The van der Waals surface area contributed by atoms with Gasteiger partial charge in [-0.15, -0.1) is 11.3 Å². The standard InChI is InChI=1S/C27H31ClN2O3S/c1-20(2)15-29(27(32)19-33-24-11-9-23(28)10-12-24)18-26(31)30(16-22-7-5-4-6-8-22)17-25-21(3)13-14-34-25/h4-14,20H,15-19H2,1-3H3. The van der Waals surface area contributed by atoms with Gasteiger partial charge in [-0.05, 0) is 59.7 Å². The summed E-state index contributed by atoms with van der Waals surface area (Å²) in [6.45, 7) is 7.47. The molecular formula is C27H31ClN2O3S. The van der Waals surface area contributed by atoms with Gasteiger partial charge in [0.2, 0.25) is 5.91 Å². The van der Waals surface area contributed by atoms with Crippen molar-refractivity contribution in [2.45, 2.75) is 33.9 Å². The second-order valence-electron chi connectivity index (χ2n) is 8.67. The Morgan fingerprint density at radius 1 is 0.941 bits per heavy atom. The number of carbonyl (C=O) groups is 2. The molecule has 0 atom stereocenters. The van der Waals surface area contributed by atoms with Crippen LogP contribution in [0.15, 0.2) is 66.0 Å². The Balaban J connectivity index is 1.71. The third-order valence-corrected chi connectivity index (χ3v) is 6.57. The third kappa shape index (κ3) is 7.89. The lowest BCUT2D eigenvalue weighted by atomic mass is 10.2. The fourth-order valence-electron chi connectivity index (χ4n) is 3.50. The van der Waals surface area contributed by atoms with E-state index in [0.29, 0.717) is 30.4 Å². The Kier molecular flexibility index (Phi) is 9.54. The topological polar surface area (TPSA) is 49.9 Å². The van der Waals surface area contributed by atoms with Gasteiger partial charge >= 0.3 is 0 Å². The first-order chi connectivity index (χ1) is 16.3. The molecule has 180 valence electrons. The van der Waals surface area contributed by atoms with E-state index in [2.05, 4.69) is 13.0 Å². The highest BCUT2D eigenvalue weighted by Crippen LogP contribution is 2.20. The molecule has 0 saturated heterocycles. The normalized spacial score (nSPS) is 10.9. The molecule has 0 spiro atoms. The maximum Gasteiger partial charge on any atom is 0.260 e. The van der Waals surface area contributed by atoms with Gasteiger partial charge in [-0.1, -0.05) is 55.8 Å². The van der Waals surface area contributed by atoms with E-state index < -0.39 is 0 Å². The van der Waals surface area contributed by atoms with Crippen molar-refractivity contribution in [2.75, 3.05) is 19.7 Å². The van der Waals surface area contributed by atoms with Crippen LogP contribution in [0.4, 0.5) is 0 Å². The Labute approximate surface area is 210 Å². The van der Waals surface area contributed by atoms with Crippen LogP contribution in [-0.2, 0) is 22.7 Å². The van der Waals surface area contributed by atoms with E-state index in [4.69, 9.17) is 16.3 Å². The van der Waals surface area contributed by atoms with Gasteiger partial charge in [0, 0.05) is 23.0 Å². The molecule has 0 aliphatic rings. The lowest BCUT2D eigenvalue weighted by Gasteiger charge is -2.29. The van der Waals surface area contributed by atoms with Crippen LogP contribution in [0, 0.1) is 12.8 Å². The summed E-state index contributed by atoms with van der Waals surface area (Å²) in [5, 5.41) is 2.64. The number of hydrogen-bond donors (Lipinski definition) is 0. The maximum atomic E-state index is 13.5. The molecule has 0 fully saturated rings. The largest absolute Gasteiger partial charge is 0.484 e. The van der Waals surface area contributed by atoms with E-state index in [1.165, 1.54) is 5.56 Å². The minimum absolute atomic E-state index is 0.0122. The number of aryl methyl sites for hydroxylation is 1. The average molecular weight is 499 g/mol. The summed E-state index contributed by atoms with van der Waals surface area (Å²) in [5.41, 5.74) is 2.22. The van der Waals surface area contributed by atoms with Crippen molar-refractivity contribution in [3.05, 3.63) is 87.1 Å². The molecule has 3 rings (SSSR count). The summed E-state index contributed by atoms with van der Waals surface area (Å²) in [6.07, 6.45) is 0. The van der Waals surface area contributed by atoms with Gasteiger partial charge in [0.15, 0.2) is 6.61 Å². The zero-order valence-corrected chi connectivity index (χ0v) is 21.4. The molecule has 3 aromatic rings. The molecule has 7 heteroatoms. The summed E-state index contributed by atoms with van der Waals surface area (Å²) in [6, 6.07) is 18.9. The zero-order chi connectivity index (χ0) is 24.5. The number of carbonyl (C=O) groups excluding carboxylic acids is 2. The van der Waals surface area contributed by atoms with Crippen LogP contribution in [0.1, 0.15) is 29.9 Å². The molecule has 0 aliphatic carbocycles. The first kappa shape index (κ1) is 25.8. The second kappa shape index (κ2) is 12.6. The predicted octanol–water partition coefficient (Wildman–Crippen LogP) is 5.80. The highest BCUT2D eigenvalue weighted by atomic mass is 35.5. The number of halogens is 1. The minimum Gasteiger partial charge on any atom is -0.484 e. The minimum atomic E-state index is -0.219. The van der Waals surface area contributed by atoms with E-state index in [-0.39, 0.29) is 30.9 Å². The summed E-state index contributed by atoms with van der Waals surface area (Å²) in [5.74, 6) is 0.475. The van der Waals surface area contributed by atoms with Crippen LogP contribution >= 0.6 is 22.9 Å². The number of rotatable bonds is 11. The van der Waals surface area contributed by atoms with Gasteiger partial charge in [0.05, 0.1) is 13.1 Å². The van der Waals surface area contributed by atoms with Crippen molar-refractivity contribution in [1.29, 1.82) is 0 Å². The molecule has 0 bridgehead atoms. The van der Waals surface area contributed by atoms with Crippen LogP contribution in [0.25, 0.3) is 0 Å². The fraction of sp³-hybridized carbons (Fsp3) is 0.333. The Bertz CT molecular complexity index is 1070. The van der Waals surface area contributed by atoms with Crippen molar-refractivity contribution in [1.82, 2.24) is 9.80 Å².